The van der Waals surface area contributed by atoms with E-state index in [-0.39, 0.29) is 0 Å². The van der Waals surface area contributed by atoms with Gasteiger partial charge in [0.2, 0.25) is 0 Å². The van der Waals surface area contributed by atoms with Crippen LogP contribution < -0.4 is 0 Å². The average Bonchev–Trinajstić information content (AvgIpc) is 2.43. The summed E-state index contributed by atoms with van der Waals surface area (Å²) in [6.07, 6.45) is 13.6. The molecule has 24 heavy (non-hydrogen) atoms. The van der Waals surface area contributed by atoms with E-state index >= 15 is 0 Å². The summed E-state index contributed by atoms with van der Waals surface area (Å²) in [5, 5.41) is 0. The highest BCUT2D eigenvalue weighted by Crippen LogP contribution is 2.27. The monoisotopic (exact) mass is 366 g/mol. The fourth-order valence-electron chi connectivity index (χ4n) is 3.18. The van der Waals surface area contributed by atoms with E-state index in [9.17, 15) is 0 Å². The Balaban J connectivity index is 5.23. The van der Waals surface area contributed by atoms with Crippen molar-refractivity contribution in [2.75, 3.05) is 0 Å². The van der Waals surface area contributed by atoms with E-state index in [2.05, 4.69) is 64.5 Å². The number of unbranched alkanes of at least 4 members (excludes halogenated alkanes) is 6. The largest absolute Gasteiger partial charge is 0.0916 e. The van der Waals surface area contributed by atoms with Gasteiger partial charge in [0.25, 0.3) is 0 Å². The molecular formula is C22H46Si2. The fraction of sp³-hybridized carbons (Fsp3) is 0.818. The Hall–Kier alpha value is -0.0862. The van der Waals surface area contributed by atoms with Crippen LogP contribution in [0.5, 0.6) is 0 Å². The van der Waals surface area contributed by atoms with Crippen LogP contribution in [0.15, 0.2) is 22.5 Å². The zero-order chi connectivity index (χ0) is 18.6. The van der Waals surface area contributed by atoms with Crippen LogP contribution in [0.25, 0.3) is 0 Å². The van der Waals surface area contributed by atoms with Crippen molar-refractivity contribution in [1.29, 1.82) is 0 Å². The molecule has 0 heterocycles. The first kappa shape index (κ1) is 23.9. The molecule has 0 aliphatic carbocycles. The molecule has 0 saturated heterocycles. The van der Waals surface area contributed by atoms with Crippen LogP contribution in [0, 0.1) is 0 Å². The Morgan fingerprint density at radius 2 is 0.875 bits per heavy atom. The van der Waals surface area contributed by atoms with Gasteiger partial charge in [0.15, 0.2) is 0 Å². The highest BCUT2D eigenvalue weighted by atomic mass is 28.3. The van der Waals surface area contributed by atoms with E-state index in [1.165, 1.54) is 64.2 Å². The number of hydrogen-bond acceptors (Lipinski definition) is 0. The lowest BCUT2D eigenvalue weighted by Gasteiger charge is -2.21. The third kappa shape index (κ3) is 14.3. The van der Waals surface area contributed by atoms with Crippen molar-refractivity contribution in [2.24, 2.45) is 0 Å². The second-order valence-electron chi connectivity index (χ2n) is 9.69. The van der Waals surface area contributed by atoms with Gasteiger partial charge in [0.1, 0.15) is 0 Å². The number of rotatable bonds is 13. The normalized spacial score (nSPS) is 14.3. The molecule has 142 valence electrons. The maximum absolute atomic E-state index is 2.71. The Morgan fingerprint density at radius 1 is 0.542 bits per heavy atom. The minimum Gasteiger partial charge on any atom is -0.0916 e. The molecule has 0 nitrogen and oxygen atoms in total. The summed E-state index contributed by atoms with van der Waals surface area (Å²) < 4.78 is 0. The van der Waals surface area contributed by atoms with Crippen LogP contribution in [0.4, 0.5) is 0 Å². The van der Waals surface area contributed by atoms with E-state index in [1.807, 2.05) is 0 Å². The summed E-state index contributed by atoms with van der Waals surface area (Å²) in [4.78, 5) is 0. The van der Waals surface area contributed by atoms with Crippen LogP contribution in [0.1, 0.15) is 78.1 Å². The topological polar surface area (TPSA) is 0 Å². The highest BCUT2D eigenvalue weighted by Gasteiger charge is 2.17. The van der Waals surface area contributed by atoms with Gasteiger partial charge >= 0.3 is 0 Å². The van der Waals surface area contributed by atoms with Gasteiger partial charge in [-0.3, -0.25) is 0 Å². The Morgan fingerprint density at radius 3 is 1.12 bits per heavy atom. The molecule has 2 heteroatoms. The van der Waals surface area contributed by atoms with Crippen LogP contribution in [-0.2, 0) is 0 Å². The molecule has 0 atom stereocenters. The summed E-state index contributed by atoms with van der Waals surface area (Å²) in [6.45, 7) is 19.5. The third-order valence-electron chi connectivity index (χ3n) is 4.23. The van der Waals surface area contributed by atoms with Gasteiger partial charge in [-0.2, -0.15) is 0 Å². The molecule has 0 amide bonds. The maximum Gasteiger partial charge on any atom is 0.0690 e. The summed E-state index contributed by atoms with van der Waals surface area (Å²) in [5.41, 5.74) is 8.88. The fourth-order valence-corrected chi connectivity index (χ4v) is 5.93. The lowest BCUT2D eigenvalue weighted by Crippen LogP contribution is -2.20. The van der Waals surface area contributed by atoms with E-state index in [4.69, 9.17) is 0 Å². The van der Waals surface area contributed by atoms with E-state index in [0.29, 0.717) is 0 Å². The van der Waals surface area contributed by atoms with Gasteiger partial charge in [0, 0.05) is 0 Å². The Labute approximate surface area is 156 Å². The van der Waals surface area contributed by atoms with Crippen molar-refractivity contribution in [3.05, 3.63) is 22.5 Å². The highest BCUT2D eigenvalue weighted by molar-refractivity contribution is 6.82. The Kier molecular flexibility index (Phi) is 12.3. The van der Waals surface area contributed by atoms with Crippen LogP contribution in [-0.4, -0.2) is 16.1 Å². The molecule has 0 aromatic heterocycles. The molecule has 0 aromatic rings. The third-order valence-corrected chi connectivity index (χ3v) is 6.66. The van der Waals surface area contributed by atoms with Crippen molar-refractivity contribution in [3.8, 4) is 0 Å². The molecule has 0 unspecified atom stereocenters. The SMILES string of the molecule is CCCCCCC(=C\[Si](C)(C)C)/C(=C/[Si](C)(C)C)CCCCCC. The molecular weight excluding hydrogens is 320 g/mol. The van der Waals surface area contributed by atoms with Gasteiger partial charge in [-0.1, -0.05) is 114 Å². The minimum absolute atomic E-state index is 1.17. The van der Waals surface area contributed by atoms with Gasteiger partial charge in [0.05, 0.1) is 16.1 Å². The molecule has 0 N–H and O–H groups in total. The number of hydrogen-bond donors (Lipinski definition) is 0. The summed E-state index contributed by atoms with van der Waals surface area (Å²) in [7, 11) is -2.34. The van der Waals surface area contributed by atoms with Crippen molar-refractivity contribution >= 4 is 16.1 Å². The maximum atomic E-state index is 2.71. The van der Waals surface area contributed by atoms with E-state index in [1.54, 1.807) is 11.1 Å². The minimum atomic E-state index is -1.17. The first-order valence-corrected chi connectivity index (χ1v) is 17.7. The van der Waals surface area contributed by atoms with E-state index in [0.717, 1.165) is 0 Å². The first-order valence-electron chi connectivity index (χ1n) is 10.5. The quantitative estimate of drug-likeness (QED) is 0.174. The van der Waals surface area contributed by atoms with Gasteiger partial charge < -0.3 is 0 Å². The molecule has 0 aliphatic rings. The number of allylic oxidation sites excluding steroid dienone is 2. The van der Waals surface area contributed by atoms with Crippen molar-refractivity contribution in [1.82, 2.24) is 0 Å². The van der Waals surface area contributed by atoms with Gasteiger partial charge in [-0.15, -0.1) is 0 Å². The summed E-state index contributed by atoms with van der Waals surface area (Å²) in [5.74, 6) is 0. The molecule has 0 aliphatic heterocycles. The molecule has 0 rings (SSSR count). The zero-order valence-corrected chi connectivity index (χ0v) is 20.2. The van der Waals surface area contributed by atoms with E-state index < -0.39 is 16.1 Å². The van der Waals surface area contributed by atoms with Crippen LogP contribution >= 0.6 is 0 Å². The smallest absolute Gasteiger partial charge is 0.0690 e. The predicted molar refractivity (Wildman–Crippen MR) is 120 cm³/mol. The van der Waals surface area contributed by atoms with Crippen LogP contribution in [0.3, 0.4) is 0 Å². The molecule has 0 bridgehead atoms. The van der Waals surface area contributed by atoms with Crippen LogP contribution in [0.2, 0.25) is 39.3 Å². The second-order valence-corrected chi connectivity index (χ2v) is 19.7. The lowest BCUT2D eigenvalue weighted by molar-refractivity contribution is 0.648. The van der Waals surface area contributed by atoms with Crippen molar-refractivity contribution in [2.45, 2.75) is 117 Å². The predicted octanol–water partition coefficient (Wildman–Crippen LogP) is 8.53. The van der Waals surface area contributed by atoms with Crippen molar-refractivity contribution in [3.63, 3.8) is 0 Å². The molecule has 0 radical (unpaired) electrons. The molecule has 0 saturated carbocycles. The lowest BCUT2D eigenvalue weighted by atomic mass is 9.97. The zero-order valence-electron chi connectivity index (χ0n) is 18.2. The van der Waals surface area contributed by atoms with Gasteiger partial charge in [-0.25, -0.2) is 0 Å². The summed E-state index contributed by atoms with van der Waals surface area (Å²) in [6, 6.07) is 0. The molecule has 0 aromatic carbocycles. The average molecular weight is 367 g/mol. The standard InChI is InChI=1S/C22H46Si2/c1-9-11-13-15-17-21(19-23(3,4)5)22(20-24(6,7)8)18-16-14-12-10-2/h19-20H,9-18H2,1-8H3/b21-19+,22-20+. The molecule has 0 spiro atoms. The second kappa shape index (κ2) is 12.3. The summed E-state index contributed by atoms with van der Waals surface area (Å²) >= 11 is 0. The van der Waals surface area contributed by atoms with Crippen molar-refractivity contribution < 1.29 is 0 Å². The Bertz CT molecular complexity index is 340. The van der Waals surface area contributed by atoms with Gasteiger partial charge in [-0.05, 0) is 25.7 Å². The molecule has 0 fully saturated rings. The first-order chi connectivity index (χ1) is 11.1.